The SMILES string of the molecule is O=C(NC12CCC(C(=O)O)(CC1)CC2)C1CC2(CCCCC2)C1. The lowest BCUT2D eigenvalue weighted by Crippen LogP contribution is -2.60. The van der Waals surface area contributed by atoms with Crippen LogP contribution in [0.3, 0.4) is 0 Å². The molecule has 0 heterocycles. The van der Waals surface area contributed by atoms with E-state index in [1.807, 2.05) is 0 Å². The highest BCUT2D eigenvalue weighted by Gasteiger charge is 2.54. The second-order valence-electron chi connectivity index (χ2n) is 9.02. The zero-order valence-electron chi connectivity index (χ0n) is 14.0. The standard InChI is InChI=1S/C19H29NO3/c21-15(14-12-17(13-14)4-2-1-3-5-17)20-19-9-6-18(7-10-19,8-11-19)16(22)23/h14H,1-13H2,(H,20,21)(H,22,23). The first-order valence-electron chi connectivity index (χ1n) is 9.52. The van der Waals surface area contributed by atoms with Gasteiger partial charge >= 0.3 is 5.97 Å². The first kappa shape index (κ1) is 15.5. The number of carboxylic acids is 1. The minimum Gasteiger partial charge on any atom is -0.481 e. The molecular formula is C19H29NO3. The van der Waals surface area contributed by atoms with E-state index in [9.17, 15) is 14.7 Å². The predicted octanol–water partition coefficient (Wildman–Crippen LogP) is 3.64. The summed E-state index contributed by atoms with van der Waals surface area (Å²) in [5.74, 6) is -0.156. The zero-order chi connectivity index (χ0) is 16.1. The molecule has 0 saturated heterocycles. The van der Waals surface area contributed by atoms with E-state index in [-0.39, 0.29) is 17.4 Å². The third kappa shape index (κ3) is 2.49. The summed E-state index contributed by atoms with van der Waals surface area (Å²) in [6.45, 7) is 0. The highest BCUT2D eigenvalue weighted by molar-refractivity contribution is 5.81. The maximum Gasteiger partial charge on any atom is 0.309 e. The van der Waals surface area contributed by atoms with Crippen molar-refractivity contribution < 1.29 is 14.7 Å². The lowest BCUT2D eigenvalue weighted by atomic mass is 9.55. The van der Waals surface area contributed by atoms with E-state index in [0.29, 0.717) is 5.41 Å². The molecule has 2 bridgehead atoms. The number of aliphatic carboxylic acids is 1. The van der Waals surface area contributed by atoms with Crippen LogP contribution >= 0.6 is 0 Å². The van der Waals surface area contributed by atoms with Crippen LogP contribution < -0.4 is 5.32 Å². The largest absolute Gasteiger partial charge is 0.481 e. The first-order chi connectivity index (χ1) is 11.0. The molecule has 0 aromatic heterocycles. The molecule has 4 nitrogen and oxygen atoms in total. The van der Waals surface area contributed by atoms with Crippen LogP contribution in [-0.2, 0) is 9.59 Å². The number of fused-ring (bicyclic) bond motifs is 3. The van der Waals surface area contributed by atoms with Crippen molar-refractivity contribution in [3.8, 4) is 0 Å². The molecule has 5 aliphatic carbocycles. The Morgan fingerprint density at radius 2 is 1.39 bits per heavy atom. The lowest BCUT2D eigenvalue weighted by molar-refractivity contribution is -0.157. The van der Waals surface area contributed by atoms with E-state index in [1.54, 1.807) is 0 Å². The normalized spacial score (nSPS) is 39.0. The van der Waals surface area contributed by atoms with Crippen molar-refractivity contribution in [3.05, 3.63) is 0 Å². The maximum absolute atomic E-state index is 12.7. The third-order valence-corrected chi connectivity index (χ3v) is 7.73. The second kappa shape index (κ2) is 5.22. The second-order valence-corrected chi connectivity index (χ2v) is 9.02. The Balaban J connectivity index is 1.33. The minimum absolute atomic E-state index is 0.0936. The van der Waals surface area contributed by atoms with Gasteiger partial charge in [0.2, 0.25) is 5.91 Å². The minimum atomic E-state index is -0.629. The molecular weight excluding hydrogens is 290 g/mol. The van der Waals surface area contributed by atoms with Crippen molar-refractivity contribution in [2.75, 3.05) is 0 Å². The Labute approximate surface area is 138 Å². The van der Waals surface area contributed by atoms with Gasteiger partial charge in [-0.05, 0) is 69.6 Å². The monoisotopic (exact) mass is 319 g/mol. The van der Waals surface area contributed by atoms with Crippen LogP contribution in [0.15, 0.2) is 0 Å². The van der Waals surface area contributed by atoms with Gasteiger partial charge in [-0.25, -0.2) is 0 Å². The van der Waals surface area contributed by atoms with Gasteiger partial charge in [-0.1, -0.05) is 19.3 Å². The van der Waals surface area contributed by atoms with Gasteiger partial charge in [0.15, 0.2) is 0 Å². The average molecular weight is 319 g/mol. The summed E-state index contributed by atoms with van der Waals surface area (Å²) in [5, 5.41) is 12.8. The Bertz CT molecular complexity index is 488. The molecule has 0 aromatic rings. The molecule has 0 aromatic carbocycles. The predicted molar refractivity (Wildman–Crippen MR) is 86.9 cm³/mol. The Hall–Kier alpha value is -1.06. The van der Waals surface area contributed by atoms with Crippen LogP contribution in [0.1, 0.15) is 83.5 Å². The van der Waals surface area contributed by atoms with Gasteiger partial charge in [0.05, 0.1) is 5.41 Å². The lowest BCUT2D eigenvalue weighted by Gasteiger charge is -2.54. The molecule has 0 radical (unpaired) electrons. The number of hydrogen-bond donors (Lipinski definition) is 2. The van der Waals surface area contributed by atoms with Gasteiger partial charge < -0.3 is 10.4 Å². The molecule has 2 N–H and O–H groups in total. The van der Waals surface area contributed by atoms with Gasteiger partial charge in [0, 0.05) is 11.5 Å². The summed E-state index contributed by atoms with van der Waals surface area (Å²) >= 11 is 0. The highest BCUT2D eigenvalue weighted by atomic mass is 16.4. The molecule has 1 amide bonds. The quantitative estimate of drug-likeness (QED) is 0.834. The van der Waals surface area contributed by atoms with Gasteiger partial charge in [0.1, 0.15) is 0 Å². The summed E-state index contributed by atoms with van der Waals surface area (Å²) in [5.41, 5.74) is -0.0891. The number of carbonyl (C=O) groups is 2. The fourth-order valence-electron chi connectivity index (χ4n) is 5.94. The number of hydrogen-bond acceptors (Lipinski definition) is 2. The molecule has 5 rings (SSSR count). The molecule has 0 atom stereocenters. The van der Waals surface area contributed by atoms with Gasteiger partial charge in [-0.15, -0.1) is 0 Å². The van der Waals surface area contributed by atoms with E-state index < -0.39 is 11.4 Å². The van der Waals surface area contributed by atoms with Crippen molar-refractivity contribution in [2.24, 2.45) is 16.7 Å². The smallest absolute Gasteiger partial charge is 0.309 e. The molecule has 0 unspecified atom stereocenters. The van der Waals surface area contributed by atoms with Gasteiger partial charge in [-0.3, -0.25) is 9.59 Å². The number of amides is 1. The van der Waals surface area contributed by atoms with Gasteiger partial charge in [0.25, 0.3) is 0 Å². The molecule has 1 spiro atoms. The van der Waals surface area contributed by atoms with Crippen LogP contribution in [0.25, 0.3) is 0 Å². The third-order valence-electron chi connectivity index (χ3n) is 7.73. The van der Waals surface area contributed by atoms with E-state index in [1.165, 1.54) is 32.1 Å². The highest BCUT2D eigenvalue weighted by Crippen LogP contribution is 2.56. The topological polar surface area (TPSA) is 66.4 Å². The number of rotatable bonds is 3. The molecule has 128 valence electrons. The van der Waals surface area contributed by atoms with Gasteiger partial charge in [-0.2, -0.15) is 0 Å². The fourth-order valence-corrected chi connectivity index (χ4v) is 5.94. The number of carbonyl (C=O) groups excluding carboxylic acids is 1. The molecule has 5 saturated carbocycles. The fraction of sp³-hybridized carbons (Fsp3) is 0.895. The average Bonchev–Trinajstić information content (AvgIpc) is 2.54. The Morgan fingerprint density at radius 3 is 1.91 bits per heavy atom. The van der Waals surface area contributed by atoms with E-state index >= 15 is 0 Å². The summed E-state index contributed by atoms with van der Waals surface area (Å²) < 4.78 is 0. The van der Waals surface area contributed by atoms with Crippen molar-refractivity contribution >= 4 is 11.9 Å². The number of nitrogens with one attached hydrogen (secondary N) is 1. The van der Waals surface area contributed by atoms with Crippen LogP contribution in [0.2, 0.25) is 0 Å². The van der Waals surface area contributed by atoms with Crippen molar-refractivity contribution in [2.45, 2.75) is 89.0 Å². The molecule has 5 fully saturated rings. The van der Waals surface area contributed by atoms with Crippen LogP contribution in [0.5, 0.6) is 0 Å². The van der Waals surface area contributed by atoms with Crippen LogP contribution in [-0.4, -0.2) is 22.5 Å². The van der Waals surface area contributed by atoms with Crippen molar-refractivity contribution in [3.63, 3.8) is 0 Å². The summed E-state index contributed by atoms with van der Waals surface area (Å²) in [4.78, 5) is 24.2. The van der Waals surface area contributed by atoms with E-state index in [0.717, 1.165) is 51.4 Å². The zero-order valence-corrected chi connectivity index (χ0v) is 14.0. The molecule has 23 heavy (non-hydrogen) atoms. The maximum atomic E-state index is 12.7. The van der Waals surface area contributed by atoms with E-state index in [4.69, 9.17) is 0 Å². The van der Waals surface area contributed by atoms with Crippen LogP contribution in [0.4, 0.5) is 0 Å². The summed E-state index contributed by atoms with van der Waals surface area (Å²) in [6, 6.07) is 0. The van der Waals surface area contributed by atoms with Crippen molar-refractivity contribution in [1.29, 1.82) is 0 Å². The molecule has 0 aliphatic heterocycles. The van der Waals surface area contributed by atoms with Crippen LogP contribution in [0, 0.1) is 16.7 Å². The molecule has 4 heteroatoms. The van der Waals surface area contributed by atoms with Crippen molar-refractivity contribution in [1.82, 2.24) is 5.32 Å². The Morgan fingerprint density at radius 1 is 0.826 bits per heavy atom. The summed E-state index contributed by atoms with van der Waals surface area (Å²) in [6.07, 6.45) is 13.6. The number of carboxylic acid groups (broad SMARTS) is 1. The summed E-state index contributed by atoms with van der Waals surface area (Å²) in [7, 11) is 0. The molecule has 5 aliphatic rings. The Kier molecular flexibility index (Phi) is 3.51. The van der Waals surface area contributed by atoms with E-state index in [2.05, 4.69) is 5.32 Å². The first-order valence-corrected chi connectivity index (χ1v) is 9.52.